The number of H-pyrrole nitrogens is 1. The molecule has 1 aromatic heterocycles. The number of amides is 1. The van der Waals surface area contributed by atoms with Crippen LogP contribution in [0.25, 0.3) is 10.8 Å². The second-order valence-corrected chi connectivity index (χ2v) is 5.86. The Hall–Kier alpha value is -2.80. The molecule has 7 nitrogen and oxygen atoms in total. The van der Waals surface area contributed by atoms with Gasteiger partial charge < -0.3 is 9.64 Å². The molecule has 1 aliphatic rings. The summed E-state index contributed by atoms with van der Waals surface area (Å²) >= 11 is 0. The van der Waals surface area contributed by atoms with Gasteiger partial charge in [-0.15, -0.1) is 10.2 Å². The van der Waals surface area contributed by atoms with E-state index in [2.05, 4.69) is 27.5 Å². The fourth-order valence-electron chi connectivity index (χ4n) is 3.10. The second kappa shape index (κ2) is 6.01. The van der Waals surface area contributed by atoms with Crippen molar-refractivity contribution in [2.24, 2.45) is 0 Å². The number of aromatic amines is 1. The summed E-state index contributed by atoms with van der Waals surface area (Å²) in [5.74, 6) is 0.476. The van der Waals surface area contributed by atoms with E-state index < -0.39 is 0 Å². The van der Waals surface area contributed by atoms with Crippen LogP contribution in [0.4, 0.5) is 0 Å². The Balaban J connectivity index is 1.65. The van der Waals surface area contributed by atoms with E-state index in [9.17, 15) is 4.79 Å². The molecule has 1 saturated heterocycles. The first-order valence-electron chi connectivity index (χ1n) is 7.86. The molecule has 1 unspecified atom stereocenters. The smallest absolute Gasteiger partial charge is 0.254 e. The normalized spacial score (nSPS) is 18.0. The summed E-state index contributed by atoms with van der Waals surface area (Å²) in [6.07, 6.45) is -0.349. The van der Waals surface area contributed by atoms with Crippen molar-refractivity contribution >= 4 is 16.7 Å². The van der Waals surface area contributed by atoms with Crippen molar-refractivity contribution in [3.8, 4) is 0 Å². The van der Waals surface area contributed by atoms with Gasteiger partial charge in [0, 0.05) is 12.1 Å². The highest BCUT2D eigenvalue weighted by Gasteiger charge is 2.29. The van der Waals surface area contributed by atoms with Crippen LogP contribution < -0.4 is 0 Å². The number of aryl methyl sites for hydroxylation is 1. The van der Waals surface area contributed by atoms with E-state index in [0.717, 1.165) is 16.3 Å². The van der Waals surface area contributed by atoms with E-state index >= 15 is 0 Å². The molecule has 0 aliphatic carbocycles. The number of rotatable bonds is 2. The van der Waals surface area contributed by atoms with Gasteiger partial charge in [0.15, 0.2) is 0 Å². The van der Waals surface area contributed by atoms with Crippen LogP contribution >= 0.6 is 0 Å². The van der Waals surface area contributed by atoms with Gasteiger partial charge in [0.1, 0.15) is 6.10 Å². The molecule has 2 heterocycles. The Kier molecular flexibility index (Phi) is 3.70. The van der Waals surface area contributed by atoms with Crippen LogP contribution in [0.5, 0.6) is 0 Å². The van der Waals surface area contributed by atoms with Crippen molar-refractivity contribution in [1.29, 1.82) is 0 Å². The molecule has 0 saturated carbocycles. The number of tetrazole rings is 1. The Morgan fingerprint density at radius 3 is 2.88 bits per heavy atom. The number of fused-ring (bicyclic) bond motifs is 1. The number of morpholine rings is 1. The number of hydrogen-bond acceptors (Lipinski definition) is 5. The van der Waals surface area contributed by atoms with Gasteiger partial charge in [0.2, 0.25) is 5.82 Å². The van der Waals surface area contributed by atoms with Crippen LogP contribution in [-0.4, -0.2) is 51.1 Å². The third-order valence-electron chi connectivity index (χ3n) is 4.38. The van der Waals surface area contributed by atoms with E-state index in [4.69, 9.17) is 4.74 Å². The first kappa shape index (κ1) is 14.8. The number of nitrogens with zero attached hydrogens (tertiary/aromatic N) is 4. The SMILES string of the molecule is Cc1ccc(C(=O)N2CCOC(c3nn[nH]n3)C2)c2ccccc12. The number of ether oxygens (including phenoxy) is 1. The maximum atomic E-state index is 13.0. The maximum Gasteiger partial charge on any atom is 0.254 e. The predicted octanol–water partition coefficient (Wildman–Crippen LogP) is 1.88. The molecule has 122 valence electrons. The van der Waals surface area contributed by atoms with Crippen LogP contribution in [-0.2, 0) is 4.74 Å². The Bertz CT molecular complexity index is 878. The third kappa shape index (κ3) is 2.52. The minimum atomic E-state index is -0.349. The number of nitrogens with one attached hydrogen (secondary N) is 1. The van der Waals surface area contributed by atoms with Crippen molar-refractivity contribution in [3.63, 3.8) is 0 Å². The van der Waals surface area contributed by atoms with Gasteiger partial charge in [-0.05, 0) is 29.3 Å². The second-order valence-electron chi connectivity index (χ2n) is 5.86. The average molecular weight is 323 g/mol. The number of carbonyl (C=O) groups is 1. The third-order valence-corrected chi connectivity index (χ3v) is 4.38. The summed E-state index contributed by atoms with van der Waals surface area (Å²) in [5.41, 5.74) is 1.87. The van der Waals surface area contributed by atoms with Gasteiger partial charge in [-0.1, -0.05) is 35.5 Å². The molecule has 1 amide bonds. The number of carbonyl (C=O) groups excluding carboxylic acids is 1. The average Bonchev–Trinajstić information content (AvgIpc) is 3.17. The summed E-state index contributed by atoms with van der Waals surface area (Å²) in [4.78, 5) is 14.8. The summed E-state index contributed by atoms with van der Waals surface area (Å²) in [7, 11) is 0. The number of hydrogen-bond donors (Lipinski definition) is 1. The van der Waals surface area contributed by atoms with Gasteiger partial charge in [-0.2, -0.15) is 5.21 Å². The molecular weight excluding hydrogens is 306 g/mol. The maximum absolute atomic E-state index is 13.0. The fourth-order valence-corrected chi connectivity index (χ4v) is 3.10. The highest BCUT2D eigenvalue weighted by molar-refractivity contribution is 6.07. The molecule has 0 bridgehead atoms. The lowest BCUT2D eigenvalue weighted by molar-refractivity contribution is -0.0267. The molecule has 24 heavy (non-hydrogen) atoms. The molecule has 1 fully saturated rings. The Morgan fingerprint density at radius 2 is 2.08 bits per heavy atom. The predicted molar refractivity (Wildman–Crippen MR) is 87.5 cm³/mol. The fraction of sp³-hybridized carbons (Fsp3) is 0.294. The summed E-state index contributed by atoms with van der Waals surface area (Å²) in [6.45, 7) is 3.47. The minimum Gasteiger partial charge on any atom is -0.366 e. The Morgan fingerprint density at radius 1 is 1.25 bits per heavy atom. The lowest BCUT2D eigenvalue weighted by atomic mass is 9.99. The molecule has 0 radical (unpaired) electrons. The van der Waals surface area contributed by atoms with Crippen LogP contribution in [0, 0.1) is 6.92 Å². The van der Waals surface area contributed by atoms with Gasteiger partial charge in [-0.25, -0.2) is 0 Å². The van der Waals surface area contributed by atoms with Crippen molar-refractivity contribution in [2.75, 3.05) is 19.7 Å². The molecule has 4 rings (SSSR count). The Labute approximate surface area is 138 Å². The van der Waals surface area contributed by atoms with Crippen LogP contribution in [0.1, 0.15) is 27.8 Å². The lowest BCUT2D eigenvalue weighted by Crippen LogP contribution is -2.42. The molecule has 1 N–H and O–H groups in total. The number of aromatic nitrogens is 4. The van der Waals surface area contributed by atoms with Gasteiger partial charge >= 0.3 is 0 Å². The first-order valence-corrected chi connectivity index (χ1v) is 7.86. The van der Waals surface area contributed by atoms with Crippen molar-refractivity contribution in [3.05, 3.63) is 53.3 Å². The van der Waals surface area contributed by atoms with E-state index in [1.54, 1.807) is 4.90 Å². The van der Waals surface area contributed by atoms with Crippen LogP contribution in [0.2, 0.25) is 0 Å². The zero-order valence-corrected chi connectivity index (χ0v) is 13.3. The summed E-state index contributed by atoms with van der Waals surface area (Å²) in [6, 6.07) is 11.9. The standard InChI is InChI=1S/C17H17N5O2/c1-11-6-7-14(13-5-3-2-4-12(11)13)17(23)22-8-9-24-15(10-22)16-18-20-21-19-16/h2-7,15H,8-10H2,1H3,(H,18,19,20,21). The van der Waals surface area contributed by atoms with E-state index in [-0.39, 0.29) is 12.0 Å². The van der Waals surface area contributed by atoms with Crippen LogP contribution in [0.3, 0.4) is 0 Å². The minimum absolute atomic E-state index is 0.00277. The van der Waals surface area contributed by atoms with Gasteiger partial charge in [-0.3, -0.25) is 4.79 Å². The molecule has 1 aliphatic heterocycles. The van der Waals surface area contributed by atoms with Crippen molar-refractivity contribution in [2.45, 2.75) is 13.0 Å². The van der Waals surface area contributed by atoms with Crippen LogP contribution in [0.15, 0.2) is 36.4 Å². The quantitative estimate of drug-likeness (QED) is 0.778. The summed E-state index contributed by atoms with van der Waals surface area (Å²) in [5, 5.41) is 16.0. The largest absolute Gasteiger partial charge is 0.366 e. The highest BCUT2D eigenvalue weighted by Crippen LogP contribution is 2.25. The number of benzene rings is 2. The van der Waals surface area contributed by atoms with Crippen molar-refractivity contribution < 1.29 is 9.53 Å². The monoisotopic (exact) mass is 323 g/mol. The van der Waals surface area contributed by atoms with E-state index in [1.165, 1.54) is 0 Å². The molecule has 7 heteroatoms. The first-order chi connectivity index (χ1) is 11.7. The topological polar surface area (TPSA) is 84.0 Å². The van der Waals surface area contributed by atoms with Gasteiger partial charge in [0.05, 0.1) is 13.2 Å². The highest BCUT2D eigenvalue weighted by atomic mass is 16.5. The molecular formula is C17H17N5O2. The summed E-state index contributed by atoms with van der Waals surface area (Å²) < 4.78 is 5.67. The lowest BCUT2D eigenvalue weighted by Gasteiger charge is -2.31. The van der Waals surface area contributed by atoms with E-state index in [1.807, 2.05) is 36.4 Å². The molecule has 3 aromatic rings. The zero-order chi connectivity index (χ0) is 16.5. The van der Waals surface area contributed by atoms with Crippen molar-refractivity contribution in [1.82, 2.24) is 25.5 Å². The molecule has 2 aromatic carbocycles. The van der Waals surface area contributed by atoms with Gasteiger partial charge in [0.25, 0.3) is 5.91 Å². The van der Waals surface area contributed by atoms with E-state index in [0.29, 0.717) is 31.1 Å². The molecule has 0 spiro atoms. The zero-order valence-electron chi connectivity index (χ0n) is 13.3. The molecule has 1 atom stereocenters.